The molecular weight excluding hydrogens is 300 g/mol. The molecule has 0 unspecified atom stereocenters. The number of anilines is 1. The molecule has 0 amide bonds. The standard InChI is InChI=1S/C20H20N2O2/c1-3-22(4-2)16-11-9-14(10-12-16)18-13-15-7-5-6-8-17(15)19(21-24)20(18)23/h5-13,23H,3-4H2,1-2H3. The lowest BCUT2D eigenvalue weighted by molar-refractivity contribution is 0.479. The molecule has 122 valence electrons. The van der Waals surface area contributed by atoms with Crippen LogP contribution in [0.1, 0.15) is 13.8 Å². The number of nitrogens with zero attached hydrogens (tertiary/aromatic N) is 2. The summed E-state index contributed by atoms with van der Waals surface area (Å²) >= 11 is 0. The van der Waals surface area contributed by atoms with Gasteiger partial charge in [-0.3, -0.25) is 0 Å². The van der Waals surface area contributed by atoms with Crippen molar-refractivity contribution >= 4 is 22.1 Å². The number of hydrogen-bond donors (Lipinski definition) is 1. The topological polar surface area (TPSA) is 52.9 Å². The van der Waals surface area contributed by atoms with E-state index >= 15 is 0 Å². The second kappa shape index (κ2) is 6.71. The molecule has 3 aromatic carbocycles. The molecule has 0 aliphatic rings. The van der Waals surface area contributed by atoms with E-state index in [0.717, 1.165) is 29.7 Å². The molecule has 3 rings (SSSR count). The van der Waals surface area contributed by atoms with Crippen LogP contribution in [0.5, 0.6) is 5.75 Å². The van der Waals surface area contributed by atoms with Gasteiger partial charge in [0.05, 0.1) is 0 Å². The second-order valence-corrected chi connectivity index (χ2v) is 5.65. The Bertz CT molecular complexity index is 869. The maximum atomic E-state index is 11.2. The monoisotopic (exact) mass is 320 g/mol. The van der Waals surface area contributed by atoms with Crippen LogP contribution in [0.15, 0.2) is 59.8 Å². The van der Waals surface area contributed by atoms with Crippen molar-refractivity contribution < 1.29 is 5.11 Å². The zero-order valence-corrected chi connectivity index (χ0v) is 13.9. The smallest absolute Gasteiger partial charge is 0.158 e. The molecule has 0 atom stereocenters. The van der Waals surface area contributed by atoms with Crippen molar-refractivity contribution in [3.8, 4) is 16.9 Å². The highest BCUT2D eigenvalue weighted by Crippen LogP contribution is 2.43. The van der Waals surface area contributed by atoms with Gasteiger partial charge in [0.25, 0.3) is 0 Å². The van der Waals surface area contributed by atoms with Crippen LogP contribution in [0, 0.1) is 4.91 Å². The fourth-order valence-electron chi connectivity index (χ4n) is 3.07. The molecule has 3 aromatic rings. The van der Waals surface area contributed by atoms with Crippen molar-refractivity contribution in [2.45, 2.75) is 13.8 Å². The fourth-order valence-corrected chi connectivity index (χ4v) is 3.07. The van der Waals surface area contributed by atoms with Gasteiger partial charge < -0.3 is 10.0 Å². The Kier molecular flexibility index (Phi) is 4.47. The molecule has 0 saturated carbocycles. The highest BCUT2D eigenvalue weighted by molar-refractivity contribution is 6.00. The molecule has 0 heterocycles. The van der Waals surface area contributed by atoms with Crippen LogP contribution in [0.3, 0.4) is 0 Å². The molecule has 0 bridgehead atoms. The minimum Gasteiger partial charge on any atom is -0.505 e. The fraction of sp³-hybridized carbons (Fsp3) is 0.200. The van der Waals surface area contributed by atoms with Gasteiger partial charge in [-0.05, 0) is 48.2 Å². The van der Waals surface area contributed by atoms with E-state index in [1.165, 1.54) is 0 Å². The maximum absolute atomic E-state index is 11.2. The van der Waals surface area contributed by atoms with Gasteiger partial charge >= 0.3 is 0 Å². The minimum atomic E-state index is -0.0701. The van der Waals surface area contributed by atoms with Crippen molar-refractivity contribution in [1.82, 2.24) is 0 Å². The Balaban J connectivity index is 2.12. The minimum absolute atomic E-state index is 0.0701. The van der Waals surface area contributed by atoms with Gasteiger partial charge in [0.1, 0.15) is 0 Å². The first-order valence-electron chi connectivity index (χ1n) is 8.13. The largest absolute Gasteiger partial charge is 0.505 e. The highest BCUT2D eigenvalue weighted by atomic mass is 16.3. The summed E-state index contributed by atoms with van der Waals surface area (Å²) in [5.74, 6) is -0.0701. The van der Waals surface area contributed by atoms with E-state index < -0.39 is 0 Å². The van der Waals surface area contributed by atoms with Crippen molar-refractivity contribution in [3.05, 3.63) is 59.5 Å². The van der Waals surface area contributed by atoms with Gasteiger partial charge in [-0.15, -0.1) is 4.91 Å². The summed E-state index contributed by atoms with van der Waals surface area (Å²) in [6.07, 6.45) is 0. The van der Waals surface area contributed by atoms with Gasteiger partial charge in [0, 0.05) is 29.7 Å². The van der Waals surface area contributed by atoms with Gasteiger partial charge in [-0.1, -0.05) is 36.4 Å². The molecule has 1 N–H and O–H groups in total. The lowest BCUT2D eigenvalue weighted by Gasteiger charge is -2.21. The molecule has 0 aliphatic carbocycles. The average Bonchev–Trinajstić information content (AvgIpc) is 2.63. The van der Waals surface area contributed by atoms with E-state index in [9.17, 15) is 10.0 Å². The molecule has 4 heteroatoms. The molecule has 0 aliphatic heterocycles. The predicted molar refractivity (Wildman–Crippen MR) is 100 cm³/mol. The first kappa shape index (κ1) is 16.0. The molecule has 0 fully saturated rings. The van der Waals surface area contributed by atoms with Crippen LogP contribution in [-0.4, -0.2) is 18.2 Å². The van der Waals surface area contributed by atoms with Crippen molar-refractivity contribution in [1.29, 1.82) is 0 Å². The van der Waals surface area contributed by atoms with Crippen LogP contribution in [-0.2, 0) is 0 Å². The molecule has 0 saturated heterocycles. The van der Waals surface area contributed by atoms with E-state index in [1.54, 1.807) is 6.07 Å². The van der Waals surface area contributed by atoms with Crippen molar-refractivity contribution in [3.63, 3.8) is 0 Å². The number of rotatable bonds is 5. The SMILES string of the molecule is CCN(CC)c1ccc(-c2cc3ccccc3c(N=O)c2O)cc1. The Morgan fingerprint density at radius 2 is 1.67 bits per heavy atom. The summed E-state index contributed by atoms with van der Waals surface area (Å²) in [4.78, 5) is 13.5. The number of nitroso groups, excluding NO2 is 1. The molecule has 0 aromatic heterocycles. The summed E-state index contributed by atoms with van der Waals surface area (Å²) in [6, 6.07) is 17.3. The number of phenols is 1. The lowest BCUT2D eigenvalue weighted by atomic mass is 9.98. The summed E-state index contributed by atoms with van der Waals surface area (Å²) in [5, 5.41) is 15.1. The van der Waals surface area contributed by atoms with Crippen LogP contribution >= 0.6 is 0 Å². The number of hydrogen-bond acceptors (Lipinski definition) is 4. The van der Waals surface area contributed by atoms with Crippen LogP contribution in [0.4, 0.5) is 11.4 Å². The third-order valence-corrected chi connectivity index (χ3v) is 4.39. The quantitative estimate of drug-likeness (QED) is 0.635. The predicted octanol–water partition coefficient (Wildman–Crippen LogP) is 5.46. The van der Waals surface area contributed by atoms with E-state index in [1.807, 2.05) is 48.5 Å². The third-order valence-electron chi connectivity index (χ3n) is 4.39. The summed E-state index contributed by atoms with van der Waals surface area (Å²) in [7, 11) is 0. The Labute approximate surface area is 141 Å². The number of fused-ring (bicyclic) bond motifs is 1. The number of benzene rings is 3. The van der Waals surface area contributed by atoms with E-state index in [2.05, 4.69) is 23.9 Å². The van der Waals surface area contributed by atoms with Crippen molar-refractivity contribution in [2.75, 3.05) is 18.0 Å². The molecule has 0 spiro atoms. The van der Waals surface area contributed by atoms with Gasteiger partial charge in [-0.2, -0.15) is 0 Å². The Morgan fingerprint density at radius 3 is 2.29 bits per heavy atom. The van der Waals surface area contributed by atoms with E-state index in [4.69, 9.17) is 0 Å². The first-order chi connectivity index (χ1) is 11.7. The van der Waals surface area contributed by atoms with Crippen LogP contribution < -0.4 is 4.90 Å². The van der Waals surface area contributed by atoms with Crippen LogP contribution in [0.25, 0.3) is 21.9 Å². The van der Waals surface area contributed by atoms with Crippen LogP contribution in [0.2, 0.25) is 0 Å². The maximum Gasteiger partial charge on any atom is 0.158 e. The number of phenolic OH excluding ortho intramolecular Hbond substituents is 1. The second-order valence-electron chi connectivity index (χ2n) is 5.65. The molecular formula is C20H20N2O2. The zero-order chi connectivity index (χ0) is 17.1. The molecule has 24 heavy (non-hydrogen) atoms. The summed E-state index contributed by atoms with van der Waals surface area (Å²) in [5.41, 5.74) is 2.71. The van der Waals surface area contributed by atoms with Gasteiger partial charge in [0.15, 0.2) is 11.4 Å². The number of aromatic hydroxyl groups is 1. The van der Waals surface area contributed by atoms with Gasteiger partial charge in [-0.25, -0.2) is 0 Å². The average molecular weight is 320 g/mol. The molecule has 4 nitrogen and oxygen atoms in total. The summed E-state index contributed by atoms with van der Waals surface area (Å²) in [6.45, 7) is 6.12. The Morgan fingerprint density at radius 1 is 1.00 bits per heavy atom. The Hall–Kier alpha value is -2.88. The lowest BCUT2D eigenvalue weighted by Crippen LogP contribution is -2.21. The third kappa shape index (κ3) is 2.71. The normalized spacial score (nSPS) is 10.8. The van der Waals surface area contributed by atoms with E-state index in [-0.39, 0.29) is 11.4 Å². The van der Waals surface area contributed by atoms with E-state index in [0.29, 0.717) is 10.9 Å². The zero-order valence-electron chi connectivity index (χ0n) is 13.9. The highest BCUT2D eigenvalue weighted by Gasteiger charge is 2.15. The van der Waals surface area contributed by atoms with Crippen molar-refractivity contribution in [2.24, 2.45) is 5.18 Å². The molecule has 0 radical (unpaired) electrons. The summed E-state index contributed by atoms with van der Waals surface area (Å²) < 4.78 is 0. The van der Waals surface area contributed by atoms with Gasteiger partial charge in [0.2, 0.25) is 0 Å². The first-order valence-corrected chi connectivity index (χ1v) is 8.13.